The van der Waals surface area contributed by atoms with Gasteiger partial charge in [0, 0.05) is 11.6 Å². The molecule has 0 saturated heterocycles. The summed E-state index contributed by atoms with van der Waals surface area (Å²) in [6.07, 6.45) is 0. The van der Waals surface area contributed by atoms with Crippen LogP contribution in [-0.2, 0) is 0 Å². The lowest BCUT2D eigenvalue weighted by Gasteiger charge is -1.97. The molecule has 0 aliphatic rings. The number of carboxylic acid groups (broad SMARTS) is 1. The van der Waals surface area contributed by atoms with Gasteiger partial charge in [-0.2, -0.15) is 0 Å². The Bertz CT molecular complexity index is 765. The third-order valence-corrected chi connectivity index (χ3v) is 3.82. The number of rotatable bonds is 2. The third kappa shape index (κ3) is 2.04. The SMILES string of the molecule is O=C(O)c1cc2nc(-c3ccccc3)sc2cc1O. The lowest BCUT2D eigenvalue weighted by molar-refractivity contribution is 0.0694. The Balaban J connectivity index is 2.19. The maximum absolute atomic E-state index is 11.0. The molecule has 0 spiro atoms. The van der Waals surface area contributed by atoms with Crippen LogP contribution in [0.5, 0.6) is 5.75 Å². The number of thiazole rings is 1. The van der Waals surface area contributed by atoms with E-state index in [-0.39, 0.29) is 11.3 Å². The highest BCUT2D eigenvalue weighted by atomic mass is 32.1. The molecule has 1 aromatic heterocycles. The van der Waals surface area contributed by atoms with Crippen LogP contribution in [0, 0.1) is 0 Å². The van der Waals surface area contributed by atoms with Crippen molar-refractivity contribution in [2.75, 3.05) is 0 Å². The molecule has 2 N–H and O–H groups in total. The number of benzene rings is 2. The van der Waals surface area contributed by atoms with Gasteiger partial charge in [0.2, 0.25) is 0 Å². The summed E-state index contributed by atoms with van der Waals surface area (Å²) in [5.41, 5.74) is 1.43. The lowest BCUT2D eigenvalue weighted by Crippen LogP contribution is -1.96. The number of hydrogen-bond donors (Lipinski definition) is 2. The second-order valence-corrected chi connectivity index (χ2v) is 5.06. The van der Waals surface area contributed by atoms with Gasteiger partial charge in [-0.25, -0.2) is 9.78 Å². The van der Waals surface area contributed by atoms with Crippen molar-refractivity contribution in [1.82, 2.24) is 4.98 Å². The first-order chi connectivity index (χ1) is 9.15. The number of aromatic hydroxyl groups is 1. The molecular weight excluding hydrogens is 262 g/mol. The Morgan fingerprint density at radius 2 is 1.89 bits per heavy atom. The highest BCUT2D eigenvalue weighted by molar-refractivity contribution is 7.21. The van der Waals surface area contributed by atoms with E-state index in [4.69, 9.17) is 5.11 Å². The smallest absolute Gasteiger partial charge is 0.339 e. The van der Waals surface area contributed by atoms with Gasteiger partial charge in [0.05, 0.1) is 10.2 Å². The Morgan fingerprint density at radius 3 is 2.58 bits per heavy atom. The molecule has 0 unspecified atom stereocenters. The monoisotopic (exact) mass is 271 g/mol. The summed E-state index contributed by atoms with van der Waals surface area (Å²) >= 11 is 1.42. The van der Waals surface area contributed by atoms with E-state index in [0.29, 0.717) is 5.52 Å². The number of nitrogens with zero attached hydrogens (tertiary/aromatic N) is 1. The molecular formula is C14H9NO3S. The summed E-state index contributed by atoms with van der Waals surface area (Å²) < 4.78 is 0.765. The van der Waals surface area contributed by atoms with Crippen LogP contribution in [0.15, 0.2) is 42.5 Å². The third-order valence-electron chi connectivity index (χ3n) is 2.76. The van der Waals surface area contributed by atoms with Gasteiger partial charge in [0.25, 0.3) is 0 Å². The van der Waals surface area contributed by atoms with Crippen LogP contribution in [0.25, 0.3) is 20.8 Å². The molecule has 3 rings (SSSR count). The number of carboxylic acids is 1. The number of hydrogen-bond acceptors (Lipinski definition) is 4. The average molecular weight is 271 g/mol. The molecule has 2 aromatic carbocycles. The lowest BCUT2D eigenvalue weighted by atomic mass is 10.2. The van der Waals surface area contributed by atoms with E-state index in [9.17, 15) is 9.90 Å². The van der Waals surface area contributed by atoms with Crippen LogP contribution in [0.3, 0.4) is 0 Å². The fourth-order valence-corrected chi connectivity index (χ4v) is 2.82. The molecule has 0 atom stereocenters. The van der Waals surface area contributed by atoms with Crippen molar-refractivity contribution in [3.05, 3.63) is 48.0 Å². The van der Waals surface area contributed by atoms with Gasteiger partial charge in [-0.3, -0.25) is 0 Å². The van der Waals surface area contributed by atoms with Crippen molar-refractivity contribution in [2.45, 2.75) is 0 Å². The van der Waals surface area contributed by atoms with Gasteiger partial charge in [-0.1, -0.05) is 30.3 Å². The summed E-state index contributed by atoms with van der Waals surface area (Å²) in [5, 5.41) is 19.4. The van der Waals surface area contributed by atoms with Crippen LogP contribution >= 0.6 is 11.3 Å². The zero-order chi connectivity index (χ0) is 13.4. The molecule has 0 radical (unpaired) electrons. The molecule has 5 heteroatoms. The van der Waals surface area contributed by atoms with Gasteiger partial charge < -0.3 is 10.2 Å². The number of aromatic nitrogens is 1. The topological polar surface area (TPSA) is 70.4 Å². The molecule has 0 fully saturated rings. The number of phenols is 1. The molecule has 1 heterocycles. The van der Waals surface area contributed by atoms with Crippen LogP contribution in [0.1, 0.15) is 10.4 Å². The Morgan fingerprint density at radius 1 is 1.16 bits per heavy atom. The average Bonchev–Trinajstić information content (AvgIpc) is 2.81. The largest absolute Gasteiger partial charge is 0.507 e. The van der Waals surface area contributed by atoms with Crippen molar-refractivity contribution in [3.8, 4) is 16.3 Å². The van der Waals surface area contributed by atoms with Gasteiger partial charge in [0.1, 0.15) is 16.3 Å². The zero-order valence-electron chi connectivity index (χ0n) is 9.70. The van der Waals surface area contributed by atoms with Crippen LogP contribution in [0.2, 0.25) is 0 Å². The fraction of sp³-hybridized carbons (Fsp3) is 0. The molecule has 0 bridgehead atoms. The first-order valence-electron chi connectivity index (χ1n) is 5.57. The molecule has 0 amide bonds. The van der Waals surface area contributed by atoms with E-state index in [1.54, 1.807) is 0 Å². The Labute approximate surface area is 112 Å². The second-order valence-electron chi connectivity index (χ2n) is 4.03. The molecule has 19 heavy (non-hydrogen) atoms. The van der Waals surface area contributed by atoms with Crippen LogP contribution in [-0.4, -0.2) is 21.2 Å². The van der Waals surface area contributed by atoms with Crippen molar-refractivity contribution in [1.29, 1.82) is 0 Å². The molecule has 0 aliphatic carbocycles. The van der Waals surface area contributed by atoms with Crippen molar-refractivity contribution < 1.29 is 15.0 Å². The van der Waals surface area contributed by atoms with Crippen molar-refractivity contribution in [3.63, 3.8) is 0 Å². The van der Waals surface area contributed by atoms with E-state index in [1.807, 2.05) is 30.3 Å². The van der Waals surface area contributed by atoms with Gasteiger partial charge >= 0.3 is 5.97 Å². The van der Waals surface area contributed by atoms with E-state index >= 15 is 0 Å². The van der Waals surface area contributed by atoms with E-state index < -0.39 is 5.97 Å². The second kappa shape index (κ2) is 4.37. The van der Waals surface area contributed by atoms with Crippen molar-refractivity contribution in [2.24, 2.45) is 0 Å². The van der Waals surface area contributed by atoms with E-state index in [1.165, 1.54) is 23.5 Å². The predicted octanol–water partition coefficient (Wildman–Crippen LogP) is 3.37. The highest BCUT2D eigenvalue weighted by Crippen LogP contribution is 2.33. The first-order valence-corrected chi connectivity index (χ1v) is 6.39. The normalized spacial score (nSPS) is 10.7. The maximum Gasteiger partial charge on any atom is 0.339 e. The summed E-state index contributed by atoms with van der Waals surface area (Å²) in [6.45, 7) is 0. The van der Waals surface area contributed by atoms with E-state index in [0.717, 1.165) is 15.3 Å². The zero-order valence-corrected chi connectivity index (χ0v) is 10.5. The molecule has 0 aliphatic heterocycles. The number of aromatic carboxylic acids is 1. The highest BCUT2D eigenvalue weighted by Gasteiger charge is 2.14. The van der Waals surface area contributed by atoms with Crippen LogP contribution in [0.4, 0.5) is 0 Å². The van der Waals surface area contributed by atoms with Crippen molar-refractivity contribution >= 4 is 27.5 Å². The summed E-state index contributed by atoms with van der Waals surface area (Å²) in [7, 11) is 0. The standard InChI is InChI=1S/C14H9NO3S/c16-11-7-12-10(6-9(11)14(17)18)15-13(19-12)8-4-2-1-3-5-8/h1-7,16H,(H,17,18). The minimum absolute atomic E-state index is 0.127. The Hall–Kier alpha value is -2.40. The first kappa shape index (κ1) is 11.7. The van der Waals surface area contributed by atoms with E-state index in [2.05, 4.69) is 4.98 Å². The molecule has 94 valence electrons. The molecule has 4 nitrogen and oxygen atoms in total. The molecule has 0 saturated carbocycles. The number of fused-ring (bicyclic) bond motifs is 1. The predicted molar refractivity (Wildman–Crippen MR) is 73.7 cm³/mol. The van der Waals surface area contributed by atoms with Gasteiger partial charge in [0.15, 0.2) is 0 Å². The quantitative estimate of drug-likeness (QED) is 0.749. The van der Waals surface area contributed by atoms with Gasteiger partial charge in [-0.15, -0.1) is 11.3 Å². The maximum atomic E-state index is 11.0. The van der Waals surface area contributed by atoms with Crippen LogP contribution < -0.4 is 0 Å². The van der Waals surface area contributed by atoms with Gasteiger partial charge in [-0.05, 0) is 6.07 Å². The summed E-state index contributed by atoms with van der Waals surface area (Å²) in [4.78, 5) is 15.4. The minimum atomic E-state index is -1.16. The molecule has 3 aromatic rings. The minimum Gasteiger partial charge on any atom is -0.507 e. The summed E-state index contributed by atoms with van der Waals surface area (Å²) in [6, 6.07) is 12.5. The summed E-state index contributed by atoms with van der Waals surface area (Å²) in [5.74, 6) is -1.39. The Kier molecular flexibility index (Phi) is 2.68. The fourth-order valence-electron chi connectivity index (χ4n) is 1.84. The number of carbonyl (C=O) groups is 1.